The summed E-state index contributed by atoms with van der Waals surface area (Å²) >= 11 is 0. The molecule has 134 valence electrons. The zero-order valence-electron chi connectivity index (χ0n) is 15.1. The monoisotopic (exact) mass is 352 g/mol. The lowest BCUT2D eigenvalue weighted by Gasteiger charge is -2.10. The number of carbonyl (C=O) groups excluding carboxylic acids is 2. The Balaban J connectivity index is 1.83. The summed E-state index contributed by atoms with van der Waals surface area (Å²) in [6.07, 6.45) is 0. The van der Waals surface area contributed by atoms with E-state index in [-0.39, 0.29) is 17.6 Å². The molecule has 26 heavy (non-hydrogen) atoms. The molecule has 3 rings (SSSR count). The number of methoxy groups -OCH3 is 1. The molecule has 6 nitrogen and oxygen atoms in total. The molecule has 6 heteroatoms. The van der Waals surface area contributed by atoms with Crippen molar-refractivity contribution >= 4 is 28.5 Å². The molecule has 2 amide bonds. The predicted molar refractivity (Wildman–Crippen MR) is 99.9 cm³/mol. The lowest BCUT2D eigenvalue weighted by Crippen LogP contribution is -2.21. The average molecular weight is 352 g/mol. The molecule has 1 N–H and O–H groups in total. The van der Waals surface area contributed by atoms with Gasteiger partial charge in [0.25, 0.3) is 11.8 Å². The Labute approximate surface area is 151 Å². The summed E-state index contributed by atoms with van der Waals surface area (Å²) in [7, 11) is 4.98. The third-order valence-corrected chi connectivity index (χ3v) is 4.15. The number of carbonyl (C=O) groups is 2. The van der Waals surface area contributed by atoms with Gasteiger partial charge < -0.3 is 19.4 Å². The maximum absolute atomic E-state index is 12.6. The van der Waals surface area contributed by atoms with Crippen molar-refractivity contribution in [2.45, 2.75) is 6.92 Å². The number of amides is 2. The number of aryl methyl sites for hydroxylation is 1. The smallest absolute Gasteiger partial charge is 0.291 e. The van der Waals surface area contributed by atoms with Crippen molar-refractivity contribution in [3.63, 3.8) is 0 Å². The zero-order chi connectivity index (χ0) is 18.8. The number of nitrogens with zero attached hydrogens (tertiary/aromatic N) is 1. The lowest BCUT2D eigenvalue weighted by atomic mass is 10.1. The van der Waals surface area contributed by atoms with Crippen LogP contribution in [0.2, 0.25) is 0 Å². The fourth-order valence-corrected chi connectivity index (χ4v) is 2.69. The molecular weight excluding hydrogens is 332 g/mol. The van der Waals surface area contributed by atoms with Crippen LogP contribution in [-0.4, -0.2) is 37.9 Å². The molecule has 0 saturated heterocycles. The number of anilines is 1. The van der Waals surface area contributed by atoms with Gasteiger partial charge in [-0.15, -0.1) is 0 Å². The van der Waals surface area contributed by atoms with E-state index in [2.05, 4.69) is 5.32 Å². The second-order valence-electron chi connectivity index (χ2n) is 6.15. The highest BCUT2D eigenvalue weighted by atomic mass is 16.5. The molecule has 3 aromatic rings. The SMILES string of the molecule is COc1ccc2oc(C(=O)Nc3ccc(C(=O)N(C)C)cc3)c(C)c2c1. The van der Waals surface area contributed by atoms with E-state index >= 15 is 0 Å². The molecule has 0 aliphatic heterocycles. The minimum absolute atomic E-state index is 0.0926. The van der Waals surface area contributed by atoms with Crippen molar-refractivity contribution in [3.8, 4) is 5.75 Å². The summed E-state index contributed by atoms with van der Waals surface area (Å²) in [6.45, 7) is 1.83. The highest BCUT2D eigenvalue weighted by Crippen LogP contribution is 2.29. The number of benzene rings is 2. The first-order valence-electron chi connectivity index (χ1n) is 8.11. The van der Waals surface area contributed by atoms with E-state index in [1.807, 2.05) is 13.0 Å². The minimum atomic E-state index is -0.343. The standard InChI is InChI=1S/C20H20N2O4/c1-12-16-11-15(25-4)9-10-17(16)26-18(12)19(23)21-14-7-5-13(6-8-14)20(24)22(2)3/h5-11H,1-4H3,(H,21,23). The lowest BCUT2D eigenvalue weighted by molar-refractivity contribution is 0.0827. The van der Waals surface area contributed by atoms with Crippen LogP contribution in [0, 0.1) is 6.92 Å². The Hall–Kier alpha value is -3.28. The number of ether oxygens (including phenoxy) is 1. The van der Waals surface area contributed by atoms with Gasteiger partial charge in [-0.2, -0.15) is 0 Å². The molecule has 0 atom stereocenters. The molecule has 0 radical (unpaired) electrons. The van der Waals surface area contributed by atoms with Gasteiger partial charge in [0.1, 0.15) is 11.3 Å². The van der Waals surface area contributed by atoms with Gasteiger partial charge in [-0.25, -0.2) is 0 Å². The van der Waals surface area contributed by atoms with Crippen LogP contribution in [0.5, 0.6) is 5.75 Å². The van der Waals surface area contributed by atoms with Gasteiger partial charge in [0.15, 0.2) is 5.76 Å². The largest absolute Gasteiger partial charge is 0.497 e. The number of hydrogen-bond acceptors (Lipinski definition) is 4. The summed E-state index contributed by atoms with van der Waals surface area (Å²) in [5, 5.41) is 3.63. The Morgan fingerprint density at radius 1 is 1.08 bits per heavy atom. The number of hydrogen-bond donors (Lipinski definition) is 1. The van der Waals surface area contributed by atoms with E-state index < -0.39 is 0 Å². The molecule has 0 aliphatic rings. The Morgan fingerprint density at radius 2 is 1.77 bits per heavy atom. The maximum atomic E-state index is 12.6. The third kappa shape index (κ3) is 3.26. The highest BCUT2D eigenvalue weighted by Gasteiger charge is 2.18. The van der Waals surface area contributed by atoms with E-state index in [9.17, 15) is 9.59 Å². The number of fused-ring (bicyclic) bond motifs is 1. The van der Waals surface area contributed by atoms with Gasteiger partial charge in [-0.05, 0) is 49.4 Å². The van der Waals surface area contributed by atoms with Crippen molar-refractivity contribution in [1.29, 1.82) is 0 Å². The van der Waals surface area contributed by atoms with E-state index in [0.717, 1.165) is 10.9 Å². The minimum Gasteiger partial charge on any atom is -0.497 e. The van der Waals surface area contributed by atoms with Gasteiger partial charge in [-0.3, -0.25) is 9.59 Å². The summed E-state index contributed by atoms with van der Waals surface area (Å²) in [4.78, 5) is 26.0. The Morgan fingerprint density at radius 3 is 2.38 bits per heavy atom. The molecule has 1 aromatic heterocycles. The second-order valence-corrected chi connectivity index (χ2v) is 6.15. The van der Waals surface area contributed by atoms with Gasteiger partial charge in [0, 0.05) is 36.3 Å². The first-order chi connectivity index (χ1) is 12.4. The summed E-state index contributed by atoms with van der Waals surface area (Å²) in [5.41, 5.74) is 2.51. The van der Waals surface area contributed by atoms with Crippen LogP contribution in [0.15, 0.2) is 46.9 Å². The van der Waals surface area contributed by atoms with Crippen molar-refractivity contribution in [1.82, 2.24) is 4.90 Å². The summed E-state index contributed by atoms with van der Waals surface area (Å²) in [5.74, 6) is 0.519. The van der Waals surface area contributed by atoms with Crippen LogP contribution in [0.3, 0.4) is 0 Å². The van der Waals surface area contributed by atoms with Crippen LogP contribution >= 0.6 is 0 Å². The van der Waals surface area contributed by atoms with Gasteiger partial charge in [0.05, 0.1) is 7.11 Å². The summed E-state index contributed by atoms with van der Waals surface area (Å²) in [6, 6.07) is 12.1. The second kappa shape index (κ2) is 6.92. The molecule has 0 fully saturated rings. The molecule has 0 saturated carbocycles. The van der Waals surface area contributed by atoms with E-state index in [1.165, 1.54) is 4.90 Å². The number of furan rings is 1. The van der Waals surface area contributed by atoms with Crippen molar-refractivity contribution < 1.29 is 18.7 Å². The van der Waals surface area contributed by atoms with Gasteiger partial charge in [-0.1, -0.05) is 0 Å². The van der Waals surface area contributed by atoms with Gasteiger partial charge >= 0.3 is 0 Å². The average Bonchev–Trinajstić information content (AvgIpc) is 2.98. The van der Waals surface area contributed by atoms with Crippen LogP contribution in [0.4, 0.5) is 5.69 Å². The quantitative estimate of drug-likeness (QED) is 0.777. The molecule has 0 spiro atoms. The molecule has 2 aromatic carbocycles. The van der Waals surface area contributed by atoms with Crippen molar-refractivity contribution in [2.24, 2.45) is 0 Å². The van der Waals surface area contributed by atoms with Crippen LogP contribution < -0.4 is 10.1 Å². The molecule has 1 heterocycles. The Kier molecular flexibility index (Phi) is 4.67. The van der Waals surface area contributed by atoms with Gasteiger partial charge in [0.2, 0.25) is 0 Å². The van der Waals surface area contributed by atoms with E-state index in [0.29, 0.717) is 22.6 Å². The zero-order valence-corrected chi connectivity index (χ0v) is 15.1. The fourth-order valence-electron chi connectivity index (χ4n) is 2.69. The summed E-state index contributed by atoms with van der Waals surface area (Å²) < 4.78 is 10.9. The van der Waals surface area contributed by atoms with Crippen molar-refractivity contribution in [2.75, 3.05) is 26.5 Å². The highest BCUT2D eigenvalue weighted by molar-refractivity contribution is 6.06. The maximum Gasteiger partial charge on any atom is 0.291 e. The predicted octanol–water partition coefficient (Wildman–Crippen LogP) is 3.70. The van der Waals surface area contributed by atoms with E-state index in [4.69, 9.17) is 9.15 Å². The van der Waals surface area contributed by atoms with Crippen molar-refractivity contribution in [3.05, 3.63) is 59.4 Å². The van der Waals surface area contributed by atoms with E-state index in [1.54, 1.807) is 57.6 Å². The van der Waals surface area contributed by atoms with Crippen LogP contribution in [0.25, 0.3) is 11.0 Å². The Bertz CT molecular complexity index is 971. The first-order valence-corrected chi connectivity index (χ1v) is 8.11. The normalized spacial score (nSPS) is 10.6. The third-order valence-electron chi connectivity index (χ3n) is 4.15. The number of rotatable bonds is 4. The fraction of sp³-hybridized carbons (Fsp3) is 0.200. The molecular formula is C20H20N2O4. The van der Waals surface area contributed by atoms with Crippen LogP contribution in [-0.2, 0) is 0 Å². The first kappa shape index (κ1) is 17.5. The molecule has 0 aliphatic carbocycles. The number of nitrogens with one attached hydrogen (secondary N) is 1. The molecule has 0 bridgehead atoms. The topological polar surface area (TPSA) is 71.8 Å². The molecule has 0 unspecified atom stereocenters. The van der Waals surface area contributed by atoms with Crippen LogP contribution in [0.1, 0.15) is 26.5 Å².